The summed E-state index contributed by atoms with van der Waals surface area (Å²) in [5, 5.41) is 0. The predicted octanol–water partition coefficient (Wildman–Crippen LogP) is 5.14. The molecule has 0 atom stereocenters. The Morgan fingerprint density at radius 1 is 1.24 bits per heavy atom. The van der Waals surface area contributed by atoms with Crippen LogP contribution < -0.4 is 9.47 Å². The minimum atomic E-state index is -0.811. The lowest BCUT2D eigenvalue weighted by molar-refractivity contribution is 0.120. The third kappa shape index (κ3) is 4.66. The molecule has 0 aliphatic rings. The van der Waals surface area contributed by atoms with E-state index in [0.717, 1.165) is 22.4 Å². The topological polar surface area (TPSA) is 44.8 Å². The fourth-order valence-electron chi connectivity index (χ4n) is 2.44. The summed E-state index contributed by atoms with van der Waals surface area (Å²) in [6.45, 7) is 3.98. The molecule has 0 spiro atoms. The van der Waals surface area contributed by atoms with E-state index in [2.05, 4.69) is 4.74 Å². The summed E-state index contributed by atoms with van der Waals surface area (Å²) >= 11 is 1.49. The van der Waals surface area contributed by atoms with E-state index in [0.29, 0.717) is 11.3 Å². The van der Waals surface area contributed by atoms with Crippen LogP contribution in [-0.4, -0.2) is 19.5 Å². The van der Waals surface area contributed by atoms with Crippen LogP contribution in [0.25, 0.3) is 0 Å². The van der Waals surface area contributed by atoms with Gasteiger partial charge in [0.15, 0.2) is 11.6 Å². The van der Waals surface area contributed by atoms with Crippen molar-refractivity contribution in [2.75, 3.05) is 13.4 Å². The van der Waals surface area contributed by atoms with Crippen LogP contribution in [0.4, 0.5) is 9.18 Å². The van der Waals surface area contributed by atoms with Gasteiger partial charge in [-0.25, -0.2) is 9.18 Å². The maximum absolute atomic E-state index is 14.2. The maximum atomic E-state index is 14.2. The molecule has 134 valence electrons. The summed E-state index contributed by atoms with van der Waals surface area (Å²) in [6, 6.07) is 8.49. The highest BCUT2D eigenvalue weighted by Gasteiger charge is 2.15. The van der Waals surface area contributed by atoms with E-state index in [1.54, 1.807) is 18.2 Å². The van der Waals surface area contributed by atoms with Crippen molar-refractivity contribution in [1.82, 2.24) is 0 Å². The standard InChI is InChI=1S/C19H21FO4S/c1-5-13-10-15(20)17(9-12(13)2)23-11-14-16(24-19(21)22-3)7-6-8-18(14)25-4/h6-10H,5,11H2,1-4H3. The van der Waals surface area contributed by atoms with Gasteiger partial charge in [0.2, 0.25) is 0 Å². The van der Waals surface area contributed by atoms with E-state index in [9.17, 15) is 9.18 Å². The molecule has 0 aliphatic heterocycles. The molecule has 2 aromatic rings. The number of hydrogen-bond acceptors (Lipinski definition) is 5. The number of halogens is 1. The van der Waals surface area contributed by atoms with Crippen molar-refractivity contribution in [3.8, 4) is 11.5 Å². The number of hydrogen-bond donors (Lipinski definition) is 0. The Labute approximate surface area is 151 Å². The second kappa shape index (κ2) is 8.76. The zero-order valence-electron chi connectivity index (χ0n) is 14.7. The van der Waals surface area contributed by atoms with Crippen molar-refractivity contribution in [2.24, 2.45) is 0 Å². The molecule has 0 aliphatic carbocycles. The monoisotopic (exact) mass is 364 g/mol. The molecule has 25 heavy (non-hydrogen) atoms. The normalized spacial score (nSPS) is 10.4. The lowest BCUT2D eigenvalue weighted by Gasteiger charge is -2.15. The van der Waals surface area contributed by atoms with Crippen molar-refractivity contribution in [3.63, 3.8) is 0 Å². The number of ether oxygens (including phenoxy) is 3. The molecule has 6 heteroatoms. The molecular weight excluding hydrogens is 343 g/mol. The Morgan fingerprint density at radius 2 is 2.00 bits per heavy atom. The smallest absolute Gasteiger partial charge is 0.486 e. The van der Waals surface area contributed by atoms with Crippen molar-refractivity contribution < 1.29 is 23.4 Å². The van der Waals surface area contributed by atoms with Gasteiger partial charge in [0.1, 0.15) is 12.4 Å². The molecule has 0 amide bonds. The summed E-state index contributed by atoms with van der Waals surface area (Å²) in [6.07, 6.45) is 1.85. The van der Waals surface area contributed by atoms with E-state index in [4.69, 9.17) is 9.47 Å². The van der Waals surface area contributed by atoms with E-state index in [-0.39, 0.29) is 12.4 Å². The van der Waals surface area contributed by atoms with Gasteiger partial charge in [-0.2, -0.15) is 0 Å². The molecule has 0 saturated heterocycles. The first-order chi connectivity index (χ1) is 12.0. The highest BCUT2D eigenvalue weighted by atomic mass is 32.2. The lowest BCUT2D eigenvalue weighted by Crippen LogP contribution is -2.10. The number of aryl methyl sites for hydroxylation is 2. The zero-order chi connectivity index (χ0) is 18.4. The number of rotatable bonds is 6. The zero-order valence-corrected chi connectivity index (χ0v) is 15.5. The molecular formula is C19H21FO4S. The summed E-state index contributed by atoms with van der Waals surface area (Å²) in [4.78, 5) is 12.3. The summed E-state index contributed by atoms with van der Waals surface area (Å²) < 4.78 is 29.6. The van der Waals surface area contributed by atoms with Gasteiger partial charge >= 0.3 is 6.16 Å². The molecule has 0 saturated carbocycles. The van der Waals surface area contributed by atoms with Crippen LogP contribution in [0.5, 0.6) is 11.5 Å². The lowest BCUT2D eigenvalue weighted by atomic mass is 10.1. The Kier molecular flexibility index (Phi) is 6.70. The number of carbonyl (C=O) groups excluding carboxylic acids is 1. The van der Waals surface area contributed by atoms with E-state index < -0.39 is 12.0 Å². The summed E-state index contributed by atoms with van der Waals surface area (Å²) in [7, 11) is 1.24. The molecule has 0 bridgehead atoms. The highest BCUT2D eigenvalue weighted by molar-refractivity contribution is 7.98. The predicted molar refractivity (Wildman–Crippen MR) is 96.1 cm³/mol. The number of benzene rings is 2. The first-order valence-corrected chi connectivity index (χ1v) is 9.06. The molecule has 0 fully saturated rings. The molecule has 4 nitrogen and oxygen atoms in total. The largest absolute Gasteiger partial charge is 0.513 e. The van der Waals surface area contributed by atoms with Crippen LogP contribution in [-0.2, 0) is 17.8 Å². The van der Waals surface area contributed by atoms with Gasteiger partial charge in [-0.3, -0.25) is 0 Å². The van der Waals surface area contributed by atoms with Crippen LogP contribution in [0.1, 0.15) is 23.6 Å². The molecule has 2 rings (SSSR count). The van der Waals surface area contributed by atoms with Crippen molar-refractivity contribution >= 4 is 17.9 Å². The van der Waals surface area contributed by atoms with Gasteiger partial charge in [0, 0.05) is 10.5 Å². The second-order valence-electron chi connectivity index (χ2n) is 5.34. The average Bonchev–Trinajstić information content (AvgIpc) is 2.62. The van der Waals surface area contributed by atoms with Crippen LogP contribution in [0.15, 0.2) is 35.2 Å². The summed E-state index contributed by atoms with van der Waals surface area (Å²) in [5.74, 6) is 0.107. The first kappa shape index (κ1) is 19.1. The first-order valence-electron chi connectivity index (χ1n) is 7.83. The van der Waals surface area contributed by atoms with Crippen LogP contribution in [0.3, 0.4) is 0 Å². The van der Waals surface area contributed by atoms with Gasteiger partial charge in [-0.1, -0.05) is 13.0 Å². The molecule has 0 unspecified atom stereocenters. The van der Waals surface area contributed by atoms with Gasteiger partial charge in [0.05, 0.1) is 7.11 Å². The fraction of sp³-hybridized carbons (Fsp3) is 0.316. The number of thioether (sulfide) groups is 1. The summed E-state index contributed by atoms with van der Waals surface area (Å²) in [5.41, 5.74) is 2.59. The molecule has 0 N–H and O–H groups in total. The Morgan fingerprint density at radius 3 is 2.64 bits per heavy atom. The Balaban J connectivity index is 2.28. The number of carbonyl (C=O) groups is 1. The van der Waals surface area contributed by atoms with Gasteiger partial charge in [0.25, 0.3) is 0 Å². The van der Waals surface area contributed by atoms with Crippen LogP contribution >= 0.6 is 11.8 Å². The van der Waals surface area contributed by atoms with Crippen LogP contribution in [0.2, 0.25) is 0 Å². The quantitative estimate of drug-likeness (QED) is 0.403. The van der Waals surface area contributed by atoms with Crippen molar-refractivity contribution in [1.29, 1.82) is 0 Å². The van der Waals surface area contributed by atoms with Crippen molar-refractivity contribution in [2.45, 2.75) is 31.8 Å². The SMILES string of the molecule is CCc1cc(F)c(OCc2c(OC(=O)OC)cccc2SC)cc1C. The van der Waals surface area contributed by atoms with E-state index >= 15 is 0 Å². The third-order valence-electron chi connectivity index (χ3n) is 3.81. The van der Waals surface area contributed by atoms with E-state index in [1.165, 1.54) is 24.9 Å². The van der Waals surface area contributed by atoms with Gasteiger partial charge < -0.3 is 14.2 Å². The highest BCUT2D eigenvalue weighted by Crippen LogP contribution is 2.31. The Bertz CT molecular complexity index is 761. The van der Waals surface area contributed by atoms with Crippen LogP contribution in [0, 0.1) is 12.7 Å². The molecule has 0 radical (unpaired) electrons. The van der Waals surface area contributed by atoms with Gasteiger partial charge in [-0.05, 0) is 55.0 Å². The fourth-order valence-corrected chi connectivity index (χ4v) is 3.06. The Hall–Kier alpha value is -2.21. The second-order valence-corrected chi connectivity index (χ2v) is 6.19. The van der Waals surface area contributed by atoms with Gasteiger partial charge in [-0.15, -0.1) is 11.8 Å². The van der Waals surface area contributed by atoms with E-state index in [1.807, 2.05) is 26.2 Å². The third-order valence-corrected chi connectivity index (χ3v) is 4.64. The molecule has 2 aromatic carbocycles. The number of methoxy groups -OCH3 is 1. The minimum absolute atomic E-state index is 0.0746. The molecule has 0 heterocycles. The average molecular weight is 364 g/mol. The molecule has 0 aromatic heterocycles. The minimum Gasteiger partial charge on any atom is -0.486 e. The van der Waals surface area contributed by atoms with Crippen molar-refractivity contribution in [3.05, 3.63) is 52.8 Å². The maximum Gasteiger partial charge on any atom is 0.513 e.